The zero-order valence-electron chi connectivity index (χ0n) is 13.6. The van der Waals surface area contributed by atoms with Crippen molar-refractivity contribution in [3.05, 3.63) is 34.9 Å². The quantitative estimate of drug-likeness (QED) is 0.881. The van der Waals surface area contributed by atoms with Crippen molar-refractivity contribution in [3.63, 3.8) is 0 Å². The summed E-state index contributed by atoms with van der Waals surface area (Å²) in [6.07, 6.45) is 4.06. The van der Waals surface area contributed by atoms with Crippen molar-refractivity contribution in [2.45, 2.75) is 65.6 Å². The molecule has 0 amide bonds. The molecule has 112 valence electrons. The second-order valence-corrected chi connectivity index (χ2v) is 6.31. The van der Waals surface area contributed by atoms with E-state index < -0.39 is 0 Å². The van der Waals surface area contributed by atoms with Gasteiger partial charge in [-0.1, -0.05) is 37.1 Å². The Balaban J connectivity index is 2.10. The van der Waals surface area contributed by atoms with Crippen molar-refractivity contribution >= 4 is 0 Å². The highest BCUT2D eigenvalue weighted by atomic mass is 15.2. The van der Waals surface area contributed by atoms with Crippen LogP contribution in [0.2, 0.25) is 0 Å². The average Bonchev–Trinajstić information content (AvgIpc) is 2.44. The van der Waals surface area contributed by atoms with Crippen molar-refractivity contribution in [2.75, 3.05) is 13.1 Å². The van der Waals surface area contributed by atoms with E-state index >= 15 is 0 Å². The van der Waals surface area contributed by atoms with Gasteiger partial charge in [0.05, 0.1) is 0 Å². The highest BCUT2D eigenvalue weighted by molar-refractivity contribution is 5.30. The van der Waals surface area contributed by atoms with Crippen LogP contribution in [0, 0.1) is 13.8 Å². The van der Waals surface area contributed by atoms with Gasteiger partial charge in [0.2, 0.25) is 0 Å². The minimum atomic E-state index is 0.588. The molecule has 1 aromatic rings. The molecule has 2 nitrogen and oxygen atoms in total. The zero-order chi connectivity index (χ0) is 14.5. The first kappa shape index (κ1) is 15.5. The topological polar surface area (TPSA) is 15.3 Å². The Morgan fingerprint density at radius 2 is 2.10 bits per heavy atom. The summed E-state index contributed by atoms with van der Waals surface area (Å²) < 4.78 is 0. The maximum absolute atomic E-state index is 3.62. The Labute approximate surface area is 124 Å². The molecule has 1 aliphatic rings. The minimum Gasteiger partial charge on any atom is -0.313 e. The second-order valence-electron chi connectivity index (χ2n) is 6.31. The van der Waals surface area contributed by atoms with Crippen LogP contribution in [0.15, 0.2) is 18.2 Å². The number of nitrogens with one attached hydrogen (secondary N) is 1. The maximum atomic E-state index is 3.62. The molecule has 0 radical (unpaired) electrons. The summed E-state index contributed by atoms with van der Waals surface area (Å²) in [7, 11) is 0. The van der Waals surface area contributed by atoms with E-state index in [0.717, 1.165) is 13.1 Å². The van der Waals surface area contributed by atoms with Crippen LogP contribution in [0.1, 0.15) is 49.8 Å². The minimum absolute atomic E-state index is 0.588. The number of nitrogens with zero attached hydrogens (tertiary/aromatic N) is 1. The number of hydrogen-bond acceptors (Lipinski definition) is 2. The molecule has 0 spiro atoms. The Morgan fingerprint density at radius 3 is 2.85 bits per heavy atom. The molecular weight excluding hydrogens is 244 g/mol. The Hall–Kier alpha value is -0.860. The van der Waals surface area contributed by atoms with Crippen LogP contribution in [0.4, 0.5) is 0 Å². The van der Waals surface area contributed by atoms with Gasteiger partial charge < -0.3 is 5.32 Å². The van der Waals surface area contributed by atoms with E-state index in [9.17, 15) is 0 Å². The lowest BCUT2D eigenvalue weighted by molar-refractivity contribution is 0.112. The van der Waals surface area contributed by atoms with Gasteiger partial charge in [0.25, 0.3) is 0 Å². The van der Waals surface area contributed by atoms with Crippen LogP contribution in [0.5, 0.6) is 0 Å². The molecule has 2 unspecified atom stereocenters. The van der Waals surface area contributed by atoms with Crippen LogP contribution in [-0.4, -0.2) is 30.1 Å². The van der Waals surface area contributed by atoms with Gasteiger partial charge in [0.1, 0.15) is 0 Å². The molecule has 1 aliphatic heterocycles. The van der Waals surface area contributed by atoms with Crippen LogP contribution < -0.4 is 5.32 Å². The van der Waals surface area contributed by atoms with Crippen LogP contribution in [-0.2, 0) is 6.54 Å². The molecule has 0 aliphatic carbocycles. The summed E-state index contributed by atoms with van der Waals surface area (Å²) in [5.74, 6) is 0. The Kier molecular flexibility index (Phi) is 5.62. The lowest BCUT2D eigenvalue weighted by Crippen LogP contribution is -2.50. The fraction of sp³-hybridized carbons (Fsp3) is 0.667. The fourth-order valence-corrected chi connectivity index (χ4v) is 3.43. The van der Waals surface area contributed by atoms with Crippen LogP contribution >= 0.6 is 0 Å². The lowest BCUT2D eigenvalue weighted by atomic mass is 9.95. The third kappa shape index (κ3) is 3.83. The number of hydrogen-bond donors (Lipinski definition) is 1. The van der Waals surface area contributed by atoms with Crippen molar-refractivity contribution < 1.29 is 0 Å². The summed E-state index contributed by atoms with van der Waals surface area (Å²) in [5.41, 5.74) is 4.30. The van der Waals surface area contributed by atoms with Crippen LogP contribution in [0.3, 0.4) is 0 Å². The zero-order valence-corrected chi connectivity index (χ0v) is 13.6. The molecule has 0 aromatic heterocycles. The van der Waals surface area contributed by atoms with Crippen LogP contribution in [0.25, 0.3) is 0 Å². The first-order chi connectivity index (χ1) is 9.61. The highest BCUT2D eigenvalue weighted by Gasteiger charge is 2.27. The maximum Gasteiger partial charge on any atom is 0.0250 e. The Bertz CT molecular complexity index is 427. The van der Waals surface area contributed by atoms with Gasteiger partial charge in [-0.05, 0) is 57.8 Å². The van der Waals surface area contributed by atoms with Gasteiger partial charge >= 0.3 is 0 Å². The number of aryl methyl sites for hydroxylation is 2. The normalized spacial score (nSPS) is 21.9. The highest BCUT2D eigenvalue weighted by Crippen LogP contribution is 2.23. The summed E-state index contributed by atoms with van der Waals surface area (Å²) in [6.45, 7) is 12.4. The molecule has 0 saturated carbocycles. The molecule has 2 atom stereocenters. The van der Waals surface area contributed by atoms with Crippen molar-refractivity contribution in [2.24, 2.45) is 0 Å². The van der Waals surface area contributed by atoms with E-state index in [2.05, 4.69) is 56.1 Å². The summed E-state index contributed by atoms with van der Waals surface area (Å²) in [5, 5.41) is 3.62. The standard InChI is InChI=1S/C18H30N2/c1-5-19-16(4)18-8-6-7-11-20(18)13-17-12-14(2)9-10-15(17)3/h9-10,12,16,18-19H,5-8,11,13H2,1-4H3. The molecule has 1 heterocycles. The van der Waals surface area contributed by atoms with E-state index in [-0.39, 0.29) is 0 Å². The van der Waals surface area contributed by atoms with E-state index in [1.807, 2.05) is 0 Å². The third-order valence-electron chi connectivity index (χ3n) is 4.65. The predicted molar refractivity (Wildman–Crippen MR) is 87.1 cm³/mol. The number of benzene rings is 1. The molecule has 1 N–H and O–H groups in total. The van der Waals surface area contributed by atoms with Gasteiger partial charge in [0, 0.05) is 18.6 Å². The van der Waals surface area contributed by atoms with E-state index in [0.29, 0.717) is 12.1 Å². The van der Waals surface area contributed by atoms with Crippen molar-refractivity contribution in [1.29, 1.82) is 0 Å². The van der Waals surface area contributed by atoms with E-state index in [4.69, 9.17) is 0 Å². The monoisotopic (exact) mass is 274 g/mol. The molecule has 0 bridgehead atoms. The largest absolute Gasteiger partial charge is 0.313 e. The summed E-state index contributed by atoms with van der Waals surface area (Å²) in [6, 6.07) is 8.11. The first-order valence-corrected chi connectivity index (χ1v) is 8.15. The van der Waals surface area contributed by atoms with Gasteiger partial charge in [-0.15, -0.1) is 0 Å². The van der Waals surface area contributed by atoms with Gasteiger partial charge in [-0.2, -0.15) is 0 Å². The summed E-state index contributed by atoms with van der Waals surface area (Å²) >= 11 is 0. The number of likely N-dealkylation sites (tertiary alicyclic amines) is 1. The molecule has 2 rings (SSSR count). The number of likely N-dealkylation sites (N-methyl/N-ethyl adjacent to an activating group) is 1. The Morgan fingerprint density at radius 1 is 1.30 bits per heavy atom. The van der Waals surface area contributed by atoms with E-state index in [1.54, 1.807) is 0 Å². The first-order valence-electron chi connectivity index (χ1n) is 8.15. The summed E-state index contributed by atoms with van der Waals surface area (Å²) in [4.78, 5) is 2.69. The molecular formula is C18H30N2. The van der Waals surface area contributed by atoms with Gasteiger partial charge in [0.15, 0.2) is 0 Å². The van der Waals surface area contributed by atoms with Gasteiger partial charge in [-0.3, -0.25) is 4.90 Å². The third-order valence-corrected chi connectivity index (χ3v) is 4.65. The molecule has 1 aromatic carbocycles. The lowest BCUT2D eigenvalue weighted by Gasteiger charge is -2.40. The predicted octanol–water partition coefficient (Wildman–Crippen LogP) is 3.66. The molecule has 2 heteroatoms. The SMILES string of the molecule is CCNC(C)C1CCCCN1Cc1cc(C)ccc1C. The molecule has 20 heavy (non-hydrogen) atoms. The number of rotatable bonds is 5. The molecule has 1 saturated heterocycles. The number of piperidine rings is 1. The van der Waals surface area contributed by atoms with E-state index in [1.165, 1.54) is 42.5 Å². The average molecular weight is 274 g/mol. The van der Waals surface area contributed by atoms with Crippen molar-refractivity contribution in [1.82, 2.24) is 10.2 Å². The van der Waals surface area contributed by atoms with Crippen molar-refractivity contribution in [3.8, 4) is 0 Å². The fourth-order valence-electron chi connectivity index (χ4n) is 3.43. The van der Waals surface area contributed by atoms with Gasteiger partial charge in [-0.25, -0.2) is 0 Å². The molecule has 1 fully saturated rings. The smallest absolute Gasteiger partial charge is 0.0250 e. The second kappa shape index (κ2) is 7.24.